The molecule has 4 aromatic rings. The lowest BCUT2D eigenvalue weighted by atomic mass is 10.1. The molecule has 0 bridgehead atoms. The number of nitriles is 1. The van der Waals surface area contributed by atoms with Crippen LogP contribution < -0.4 is 0 Å². The topological polar surface area (TPSA) is 67.4 Å². The van der Waals surface area contributed by atoms with Crippen molar-refractivity contribution in [3.8, 4) is 28.8 Å². The van der Waals surface area contributed by atoms with Gasteiger partial charge in [0, 0.05) is 24.2 Å². The zero-order valence-corrected chi connectivity index (χ0v) is 13.7. The fourth-order valence-electron chi connectivity index (χ4n) is 2.73. The van der Waals surface area contributed by atoms with Crippen LogP contribution in [0.2, 0.25) is 0 Å². The van der Waals surface area contributed by atoms with Crippen LogP contribution >= 0.6 is 11.3 Å². The second kappa shape index (κ2) is 5.72. The number of aromatic nitrogens is 4. The maximum absolute atomic E-state index is 14.1. The third-order valence-electron chi connectivity index (χ3n) is 3.90. The van der Waals surface area contributed by atoms with Gasteiger partial charge in [0.25, 0.3) is 0 Å². The Bertz CT molecular complexity index is 1140. The maximum atomic E-state index is 14.1. The Kier molecular flexibility index (Phi) is 3.51. The van der Waals surface area contributed by atoms with Crippen molar-refractivity contribution in [2.75, 3.05) is 0 Å². The Morgan fingerprint density at radius 2 is 1.76 bits per heavy atom. The van der Waals surface area contributed by atoms with E-state index >= 15 is 0 Å². The van der Waals surface area contributed by atoms with Crippen molar-refractivity contribution in [3.63, 3.8) is 0 Å². The molecular formula is C17H9F2N5S. The number of hydrogen-bond donors (Lipinski definition) is 0. The Balaban J connectivity index is 2.01. The van der Waals surface area contributed by atoms with Crippen molar-refractivity contribution >= 4 is 21.6 Å². The third kappa shape index (κ3) is 2.28. The smallest absolute Gasteiger partial charge is 0.169 e. The van der Waals surface area contributed by atoms with Crippen LogP contribution in [0.25, 0.3) is 33.0 Å². The van der Waals surface area contributed by atoms with Gasteiger partial charge < -0.3 is 4.57 Å². The van der Waals surface area contributed by atoms with E-state index in [4.69, 9.17) is 0 Å². The zero-order valence-electron chi connectivity index (χ0n) is 12.9. The van der Waals surface area contributed by atoms with Crippen LogP contribution in [0, 0.1) is 23.0 Å². The fourth-order valence-corrected chi connectivity index (χ4v) is 3.47. The minimum absolute atomic E-state index is 0.0506. The maximum Gasteiger partial charge on any atom is 0.169 e. The standard InChI is InChI=1S/C17H9F2N5S/c1-24-15(13-9(7-20)8-21-17-10(13)5-6-25-17)22-23-16(24)14-11(18)3-2-4-12(14)19/h2-6,8H,1H3. The summed E-state index contributed by atoms with van der Waals surface area (Å²) in [6.45, 7) is 0. The molecule has 3 aromatic heterocycles. The van der Waals surface area contributed by atoms with E-state index in [9.17, 15) is 14.0 Å². The molecule has 0 saturated carbocycles. The number of fused-ring (bicyclic) bond motifs is 1. The average Bonchev–Trinajstić information content (AvgIpc) is 3.21. The van der Waals surface area contributed by atoms with Gasteiger partial charge in [-0.25, -0.2) is 13.8 Å². The van der Waals surface area contributed by atoms with E-state index in [2.05, 4.69) is 21.3 Å². The average molecular weight is 353 g/mol. The molecule has 0 aliphatic heterocycles. The third-order valence-corrected chi connectivity index (χ3v) is 4.72. The first-order chi connectivity index (χ1) is 12.1. The van der Waals surface area contributed by atoms with E-state index in [0.29, 0.717) is 17.0 Å². The molecule has 122 valence electrons. The predicted octanol–water partition coefficient (Wildman–Crippen LogP) is 3.91. The zero-order chi connectivity index (χ0) is 17.6. The minimum Gasteiger partial charge on any atom is -0.310 e. The molecule has 4 rings (SSSR count). The summed E-state index contributed by atoms with van der Waals surface area (Å²) in [5.74, 6) is -1.05. The van der Waals surface area contributed by atoms with Crippen LogP contribution in [0.5, 0.6) is 0 Å². The molecule has 0 aliphatic carbocycles. The van der Waals surface area contributed by atoms with Crippen LogP contribution in [0.1, 0.15) is 5.56 Å². The molecule has 25 heavy (non-hydrogen) atoms. The lowest BCUT2D eigenvalue weighted by Crippen LogP contribution is -2.01. The molecule has 3 heterocycles. The summed E-state index contributed by atoms with van der Waals surface area (Å²) in [5.41, 5.74) is 0.617. The van der Waals surface area contributed by atoms with E-state index in [0.717, 1.165) is 22.3 Å². The van der Waals surface area contributed by atoms with E-state index in [-0.39, 0.29) is 11.4 Å². The van der Waals surface area contributed by atoms with Gasteiger partial charge in [-0.1, -0.05) is 6.07 Å². The summed E-state index contributed by atoms with van der Waals surface area (Å²) >= 11 is 1.43. The largest absolute Gasteiger partial charge is 0.310 e. The van der Waals surface area contributed by atoms with Crippen molar-refractivity contribution in [2.24, 2.45) is 7.05 Å². The number of pyridine rings is 1. The number of benzene rings is 1. The van der Waals surface area contributed by atoms with Crippen molar-refractivity contribution in [1.82, 2.24) is 19.7 Å². The second-order valence-electron chi connectivity index (χ2n) is 5.30. The van der Waals surface area contributed by atoms with E-state index < -0.39 is 11.6 Å². The normalized spacial score (nSPS) is 11.0. The van der Waals surface area contributed by atoms with Crippen LogP contribution in [0.3, 0.4) is 0 Å². The quantitative estimate of drug-likeness (QED) is 0.548. The fraction of sp³-hybridized carbons (Fsp3) is 0.0588. The molecule has 0 atom stereocenters. The molecule has 1 aromatic carbocycles. The molecule has 0 unspecified atom stereocenters. The molecule has 0 saturated heterocycles. The van der Waals surface area contributed by atoms with Crippen molar-refractivity contribution in [3.05, 3.63) is 53.0 Å². The summed E-state index contributed by atoms with van der Waals surface area (Å²) in [6.07, 6.45) is 1.46. The molecule has 0 radical (unpaired) electrons. The summed E-state index contributed by atoms with van der Waals surface area (Å²) in [6, 6.07) is 7.54. The molecule has 0 amide bonds. The Hall–Kier alpha value is -3.18. The van der Waals surface area contributed by atoms with Gasteiger partial charge in [-0.15, -0.1) is 21.5 Å². The summed E-state index contributed by atoms with van der Waals surface area (Å²) < 4.78 is 29.7. The molecule has 0 aliphatic rings. The molecule has 0 N–H and O–H groups in total. The second-order valence-corrected chi connectivity index (χ2v) is 6.20. The number of hydrogen-bond acceptors (Lipinski definition) is 5. The summed E-state index contributed by atoms with van der Waals surface area (Å²) in [5, 5.41) is 20.1. The Labute approximate surface area is 144 Å². The van der Waals surface area contributed by atoms with Gasteiger partial charge in [0.2, 0.25) is 0 Å². The van der Waals surface area contributed by atoms with Crippen molar-refractivity contribution in [2.45, 2.75) is 0 Å². The number of rotatable bonds is 2. The SMILES string of the molecule is Cn1c(-c2c(F)cccc2F)nnc1-c1c(C#N)cnc2sccc12. The summed E-state index contributed by atoms with van der Waals surface area (Å²) in [7, 11) is 1.61. The van der Waals surface area contributed by atoms with Gasteiger partial charge in [-0.3, -0.25) is 0 Å². The first-order valence-corrected chi connectivity index (χ1v) is 8.10. The monoisotopic (exact) mass is 353 g/mol. The first kappa shape index (κ1) is 15.4. The molecule has 8 heteroatoms. The molecular weight excluding hydrogens is 344 g/mol. The van der Waals surface area contributed by atoms with Gasteiger partial charge >= 0.3 is 0 Å². The molecule has 0 fully saturated rings. The van der Waals surface area contributed by atoms with Gasteiger partial charge in [0.15, 0.2) is 11.6 Å². The Morgan fingerprint density at radius 3 is 2.44 bits per heavy atom. The van der Waals surface area contributed by atoms with Crippen LogP contribution in [0.4, 0.5) is 8.78 Å². The highest BCUT2D eigenvalue weighted by Crippen LogP contribution is 2.34. The van der Waals surface area contributed by atoms with Crippen LogP contribution in [0.15, 0.2) is 35.8 Å². The van der Waals surface area contributed by atoms with Gasteiger partial charge in [-0.05, 0) is 23.6 Å². The lowest BCUT2D eigenvalue weighted by molar-refractivity contribution is 0.586. The predicted molar refractivity (Wildman–Crippen MR) is 89.7 cm³/mol. The van der Waals surface area contributed by atoms with E-state index in [1.165, 1.54) is 28.2 Å². The summed E-state index contributed by atoms with van der Waals surface area (Å²) in [4.78, 5) is 4.99. The van der Waals surface area contributed by atoms with Gasteiger partial charge in [0.05, 0.1) is 11.1 Å². The number of thiophene rings is 1. The molecule has 0 spiro atoms. The van der Waals surface area contributed by atoms with Crippen molar-refractivity contribution in [1.29, 1.82) is 5.26 Å². The van der Waals surface area contributed by atoms with Crippen LogP contribution in [-0.2, 0) is 7.05 Å². The minimum atomic E-state index is -0.724. The van der Waals surface area contributed by atoms with Crippen LogP contribution in [-0.4, -0.2) is 19.7 Å². The molecule has 5 nitrogen and oxygen atoms in total. The number of halogens is 2. The highest BCUT2D eigenvalue weighted by molar-refractivity contribution is 7.16. The number of nitrogens with zero attached hydrogens (tertiary/aromatic N) is 5. The van der Waals surface area contributed by atoms with Gasteiger partial charge in [-0.2, -0.15) is 5.26 Å². The van der Waals surface area contributed by atoms with Crippen molar-refractivity contribution < 1.29 is 8.78 Å². The van der Waals surface area contributed by atoms with Gasteiger partial charge in [0.1, 0.15) is 22.5 Å². The lowest BCUT2D eigenvalue weighted by Gasteiger charge is -2.08. The highest BCUT2D eigenvalue weighted by atomic mass is 32.1. The van der Waals surface area contributed by atoms with E-state index in [1.54, 1.807) is 7.05 Å². The highest BCUT2D eigenvalue weighted by Gasteiger charge is 2.22. The first-order valence-electron chi connectivity index (χ1n) is 7.22. The van der Waals surface area contributed by atoms with E-state index in [1.807, 2.05) is 11.4 Å². The Morgan fingerprint density at radius 1 is 1.08 bits per heavy atom.